The fourth-order valence-corrected chi connectivity index (χ4v) is 7.25. The van der Waals surface area contributed by atoms with Gasteiger partial charge in [-0.3, -0.25) is 0 Å². The number of aryl methyl sites for hydroxylation is 1. The molecule has 5 rings (SSSR count). The minimum atomic E-state index is -0.0663. The molecule has 4 aliphatic rings. The molecular formula is C20H26O2. The van der Waals surface area contributed by atoms with E-state index in [1.807, 2.05) is 12.1 Å². The molecule has 1 spiro atoms. The van der Waals surface area contributed by atoms with Gasteiger partial charge in [-0.2, -0.15) is 0 Å². The van der Waals surface area contributed by atoms with Gasteiger partial charge in [-0.15, -0.1) is 0 Å². The Morgan fingerprint density at radius 1 is 1.14 bits per heavy atom. The number of aliphatic hydroxyl groups excluding tert-OH is 1. The van der Waals surface area contributed by atoms with Crippen molar-refractivity contribution in [3.05, 3.63) is 29.3 Å². The van der Waals surface area contributed by atoms with Gasteiger partial charge in [0.05, 0.1) is 6.10 Å². The smallest absolute Gasteiger partial charge is 0.115 e. The first-order chi connectivity index (χ1) is 10.6. The average Bonchev–Trinajstić information content (AvgIpc) is 3.04. The highest BCUT2D eigenvalue weighted by Gasteiger charge is 2.69. The van der Waals surface area contributed by atoms with E-state index in [1.165, 1.54) is 49.7 Å². The minimum Gasteiger partial charge on any atom is -0.508 e. The van der Waals surface area contributed by atoms with Crippen LogP contribution >= 0.6 is 0 Å². The number of hydrogen-bond donors (Lipinski definition) is 2. The van der Waals surface area contributed by atoms with E-state index in [0.717, 1.165) is 12.3 Å². The van der Waals surface area contributed by atoms with Crippen LogP contribution in [0.5, 0.6) is 5.75 Å². The minimum absolute atomic E-state index is 0.0663. The molecule has 1 aromatic rings. The molecule has 0 radical (unpaired) electrons. The molecule has 4 aliphatic carbocycles. The number of rotatable bonds is 0. The molecule has 0 heterocycles. The van der Waals surface area contributed by atoms with Crippen molar-refractivity contribution in [3.63, 3.8) is 0 Å². The SMILES string of the molecule is C[C@]12CC[C@@H]3c4ccc(O)cc4CC[C@H]3[C@@]13CC[C@H](C3)[C@H]2O. The van der Waals surface area contributed by atoms with Crippen molar-refractivity contribution in [2.75, 3.05) is 0 Å². The Morgan fingerprint density at radius 2 is 2.00 bits per heavy atom. The van der Waals surface area contributed by atoms with E-state index < -0.39 is 0 Å². The first kappa shape index (κ1) is 13.4. The van der Waals surface area contributed by atoms with E-state index in [2.05, 4.69) is 13.0 Å². The average molecular weight is 298 g/mol. The van der Waals surface area contributed by atoms with Crippen molar-refractivity contribution < 1.29 is 10.2 Å². The molecular weight excluding hydrogens is 272 g/mol. The van der Waals surface area contributed by atoms with Gasteiger partial charge in [0.15, 0.2) is 0 Å². The summed E-state index contributed by atoms with van der Waals surface area (Å²) in [4.78, 5) is 0. The number of hydrogen-bond acceptors (Lipinski definition) is 2. The Kier molecular flexibility index (Phi) is 2.49. The number of fused-ring (bicyclic) bond motifs is 4. The second kappa shape index (κ2) is 4.08. The molecule has 0 aliphatic heterocycles. The normalized spacial score (nSPS) is 48.6. The van der Waals surface area contributed by atoms with E-state index in [1.54, 1.807) is 0 Å². The van der Waals surface area contributed by atoms with Crippen molar-refractivity contribution in [1.82, 2.24) is 0 Å². The van der Waals surface area contributed by atoms with Crippen LogP contribution in [-0.2, 0) is 6.42 Å². The van der Waals surface area contributed by atoms with Gasteiger partial charge in [0.25, 0.3) is 0 Å². The van der Waals surface area contributed by atoms with Crippen LogP contribution in [0.1, 0.15) is 62.5 Å². The standard InChI is InChI=1S/C20H26O2/c1-19-8-7-16-15-4-3-14(21)10-12(15)2-5-17(16)20(19)9-6-13(11-20)18(19)22/h3-4,10,13,16-18,21-22H,2,5-9,11H2,1H3/t13-,16-,17-,18-,19-,20+/m1/s1. The maximum atomic E-state index is 10.9. The van der Waals surface area contributed by atoms with Gasteiger partial charge in [0.1, 0.15) is 5.75 Å². The van der Waals surface area contributed by atoms with Crippen LogP contribution in [0.15, 0.2) is 18.2 Å². The number of phenolic OH excluding ortho intramolecular Hbond substituents is 1. The summed E-state index contributed by atoms with van der Waals surface area (Å²) in [5.74, 6) is 2.37. The summed E-state index contributed by atoms with van der Waals surface area (Å²) in [6.45, 7) is 2.39. The van der Waals surface area contributed by atoms with Gasteiger partial charge in [0.2, 0.25) is 0 Å². The van der Waals surface area contributed by atoms with Crippen LogP contribution in [-0.4, -0.2) is 16.3 Å². The lowest BCUT2D eigenvalue weighted by molar-refractivity contribution is -0.116. The zero-order valence-electron chi connectivity index (χ0n) is 13.4. The number of aromatic hydroxyl groups is 1. The quantitative estimate of drug-likeness (QED) is 0.760. The molecule has 3 saturated carbocycles. The van der Waals surface area contributed by atoms with Crippen LogP contribution in [0.2, 0.25) is 0 Å². The summed E-state index contributed by atoms with van der Waals surface area (Å²) < 4.78 is 0. The van der Waals surface area contributed by atoms with Crippen molar-refractivity contribution in [2.45, 2.75) is 63.9 Å². The maximum Gasteiger partial charge on any atom is 0.115 e. The second-order valence-corrected chi connectivity index (χ2v) is 8.69. The molecule has 118 valence electrons. The topological polar surface area (TPSA) is 40.5 Å². The van der Waals surface area contributed by atoms with E-state index >= 15 is 0 Å². The highest BCUT2D eigenvalue weighted by Crippen LogP contribution is 2.74. The molecule has 0 amide bonds. The highest BCUT2D eigenvalue weighted by molar-refractivity contribution is 5.41. The lowest BCUT2D eigenvalue weighted by atomic mass is 9.46. The van der Waals surface area contributed by atoms with E-state index in [9.17, 15) is 10.2 Å². The summed E-state index contributed by atoms with van der Waals surface area (Å²) in [5.41, 5.74) is 3.41. The molecule has 2 bridgehead atoms. The maximum absolute atomic E-state index is 10.9. The van der Waals surface area contributed by atoms with Crippen LogP contribution in [0.3, 0.4) is 0 Å². The third-order valence-electron chi connectivity index (χ3n) is 8.25. The summed E-state index contributed by atoms with van der Waals surface area (Å²) in [6.07, 6.45) is 8.50. The van der Waals surface area contributed by atoms with Gasteiger partial charge in [0, 0.05) is 0 Å². The van der Waals surface area contributed by atoms with Crippen LogP contribution in [0, 0.1) is 22.7 Å². The van der Waals surface area contributed by atoms with Gasteiger partial charge >= 0.3 is 0 Å². The molecule has 1 aromatic carbocycles. The molecule has 0 unspecified atom stereocenters. The molecule has 22 heavy (non-hydrogen) atoms. The Morgan fingerprint density at radius 3 is 2.86 bits per heavy atom. The molecule has 0 aromatic heterocycles. The Bertz CT molecular complexity index is 639. The number of phenols is 1. The van der Waals surface area contributed by atoms with Crippen molar-refractivity contribution in [2.24, 2.45) is 22.7 Å². The molecule has 2 nitrogen and oxygen atoms in total. The van der Waals surface area contributed by atoms with Gasteiger partial charge in [-0.05, 0) is 96.8 Å². The van der Waals surface area contributed by atoms with Gasteiger partial charge < -0.3 is 10.2 Å². The molecule has 3 fully saturated rings. The first-order valence-electron chi connectivity index (χ1n) is 9.05. The summed E-state index contributed by atoms with van der Waals surface area (Å²) in [7, 11) is 0. The third-order valence-corrected chi connectivity index (χ3v) is 8.25. The Balaban J connectivity index is 1.61. The predicted molar refractivity (Wildman–Crippen MR) is 85.8 cm³/mol. The molecule has 2 heteroatoms. The molecule has 2 N–H and O–H groups in total. The largest absolute Gasteiger partial charge is 0.508 e. The Hall–Kier alpha value is -1.02. The first-order valence-corrected chi connectivity index (χ1v) is 9.05. The third kappa shape index (κ3) is 1.37. The van der Waals surface area contributed by atoms with E-state index in [-0.39, 0.29) is 11.5 Å². The summed E-state index contributed by atoms with van der Waals surface area (Å²) >= 11 is 0. The number of aliphatic hydroxyl groups is 1. The van der Waals surface area contributed by atoms with E-state index in [4.69, 9.17) is 0 Å². The fourth-order valence-electron chi connectivity index (χ4n) is 7.25. The summed E-state index contributed by atoms with van der Waals surface area (Å²) in [5, 5.41) is 20.6. The number of benzene rings is 1. The summed E-state index contributed by atoms with van der Waals surface area (Å²) in [6, 6.07) is 6.03. The molecule has 6 atom stereocenters. The van der Waals surface area contributed by atoms with Crippen molar-refractivity contribution in [1.29, 1.82) is 0 Å². The van der Waals surface area contributed by atoms with Gasteiger partial charge in [-0.1, -0.05) is 13.0 Å². The van der Waals surface area contributed by atoms with Crippen molar-refractivity contribution in [3.8, 4) is 5.75 Å². The van der Waals surface area contributed by atoms with E-state index in [0.29, 0.717) is 23.0 Å². The zero-order chi connectivity index (χ0) is 15.1. The predicted octanol–water partition coefficient (Wildman–Crippen LogP) is 4.00. The zero-order valence-corrected chi connectivity index (χ0v) is 13.4. The molecule has 0 saturated heterocycles. The fraction of sp³-hybridized carbons (Fsp3) is 0.700. The van der Waals surface area contributed by atoms with Crippen molar-refractivity contribution >= 4 is 0 Å². The van der Waals surface area contributed by atoms with Crippen LogP contribution in [0.4, 0.5) is 0 Å². The monoisotopic (exact) mass is 298 g/mol. The second-order valence-electron chi connectivity index (χ2n) is 8.69. The van der Waals surface area contributed by atoms with Crippen LogP contribution < -0.4 is 0 Å². The van der Waals surface area contributed by atoms with Crippen LogP contribution in [0.25, 0.3) is 0 Å². The lowest BCUT2D eigenvalue weighted by Gasteiger charge is -2.59. The lowest BCUT2D eigenvalue weighted by Crippen LogP contribution is -2.53. The highest BCUT2D eigenvalue weighted by atomic mass is 16.3. The Labute approximate surface area is 132 Å². The van der Waals surface area contributed by atoms with Gasteiger partial charge in [-0.25, -0.2) is 0 Å².